The maximum Gasteiger partial charge on any atom is 0.246 e. The average Bonchev–Trinajstić information content (AvgIpc) is 2.65. The van der Waals surface area contributed by atoms with Crippen molar-refractivity contribution in [2.24, 2.45) is 5.92 Å². The van der Waals surface area contributed by atoms with Crippen LogP contribution in [-0.2, 0) is 10.0 Å². The van der Waals surface area contributed by atoms with Gasteiger partial charge in [0.25, 0.3) is 0 Å². The Bertz CT molecular complexity index is 474. The predicted molar refractivity (Wildman–Crippen MR) is 71.9 cm³/mol. The van der Waals surface area contributed by atoms with Crippen molar-refractivity contribution in [2.75, 3.05) is 13.1 Å². The molecule has 1 aromatic heterocycles. The summed E-state index contributed by atoms with van der Waals surface area (Å²) in [4.78, 5) is 0.327. The second-order valence-electron chi connectivity index (χ2n) is 4.73. The fourth-order valence-corrected chi connectivity index (χ4v) is 3.82. The van der Waals surface area contributed by atoms with Gasteiger partial charge < -0.3 is 0 Å². The van der Waals surface area contributed by atoms with Crippen LogP contribution in [0.2, 0.25) is 0 Å². The summed E-state index contributed by atoms with van der Waals surface area (Å²) in [7, 11) is -3.43. The summed E-state index contributed by atoms with van der Waals surface area (Å²) < 4.78 is 26.7. The molecule has 0 bridgehead atoms. The van der Waals surface area contributed by atoms with Crippen molar-refractivity contribution in [2.45, 2.75) is 45.9 Å². The predicted octanol–water partition coefficient (Wildman–Crippen LogP) is 2.08. The van der Waals surface area contributed by atoms with Gasteiger partial charge in [-0.2, -0.15) is 9.40 Å². The SMILES string of the molecule is CCC(C)CN(CC)S(=O)(=O)c1c(C)n[nH]c1C. The van der Waals surface area contributed by atoms with Crippen LogP contribution in [0.15, 0.2) is 4.90 Å². The number of aromatic nitrogens is 2. The highest BCUT2D eigenvalue weighted by Crippen LogP contribution is 2.22. The molecule has 0 saturated heterocycles. The standard InChI is InChI=1S/C12H23N3O2S/c1-6-9(3)8-15(7-2)18(16,17)12-10(4)13-14-11(12)5/h9H,6-8H2,1-5H3,(H,13,14). The molecular weight excluding hydrogens is 250 g/mol. The van der Waals surface area contributed by atoms with Gasteiger partial charge in [0.2, 0.25) is 10.0 Å². The van der Waals surface area contributed by atoms with Crippen molar-refractivity contribution in [1.29, 1.82) is 0 Å². The third-order valence-corrected chi connectivity index (χ3v) is 5.43. The van der Waals surface area contributed by atoms with Crippen molar-refractivity contribution in [1.82, 2.24) is 14.5 Å². The molecule has 0 radical (unpaired) electrons. The highest BCUT2D eigenvalue weighted by molar-refractivity contribution is 7.89. The lowest BCUT2D eigenvalue weighted by molar-refractivity contribution is 0.361. The van der Waals surface area contributed by atoms with E-state index in [-0.39, 0.29) is 0 Å². The maximum atomic E-state index is 12.6. The van der Waals surface area contributed by atoms with Crippen molar-refractivity contribution < 1.29 is 8.42 Å². The molecule has 0 saturated carbocycles. The van der Waals surface area contributed by atoms with E-state index in [1.807, 2.05) is 6.92 Å². The summed E-state index contributed by atoms with van der Waals surface area (Å²) in [5.74, 6) is 0.354. The van der Waals surface area contributed by atoms with Gasteiger partial charge in [-0.1, -0.05) is 27.2 Å². The van der Waals surface area contributed by atoms with E-state index in [9.17, 15) is 8.42 Å². The van der Waals surface area contributed by atoms with Crippen LogP contribution >= 0.6 is 0 Å². The van der Waals surface area contributed by atoms with Crippen LogP contribution in [0.3, 0.4) is 0 Å². The van der Waals surface area contributed by atoms with Crippen LogP contribution in [0.25, 0.3) is 0 Å². The fraction of sp³-hybridized carbons (Fsp3) is 0.750. The van der Waals surface area contributed by atoms with Gasteiger partial charge in [-0.25, -0.2) is 8.42 Å². The number of hydrogen-bond acceptors (Lipinski definition) is 3. The lowest BCUT2D eigenvalue weighted by Gasteiger charge is -2.23. The lowest BCUT2D eigenvalue weighted by Crippen LogP contribution is -2.35. The number of sulfonamides is 1. The second-order valence-corrected chi connectivity index (χ2v) is 6.61. The molecule has 1 N–H and O–H groups in total. The van der Waals surface area contributed by atoms with E-state index in [0.29, 0.717) is 35.3 Å². The third kappa shape index (κ3) is 2.92. The summed E-state index contributed by atoms with van der Waals surface area (Å²) >= 11 is 0. The van der Waals surface area contributed by atoms with Gasteiger partial charge in [0.15, 0.2) is 0 Å². The number of nitrogens with zero attached hydrogens (tertiary/aromatic N) is 2. The molecule has 0 aromatic carbocycles. The van der Waals surface area contributed by atoms with Crippen molar-refractivity contribution in [3.63, 3.8) is 0 Å². The molecule has 0 amide bonds. The molecule has 1 aromatic rings. The number of rotatable bonds is 6. The Hall–Kier alpha value is -0.880. The molecule has 1 unspecified atom stereocenters. The Kier molecular flexibility index (Phi) is 4.92. The number of aryl methyl sites for hydroxylation is 2. The average molecular weight is 273 g/mol. The van der Waals surface area contributed by atoms with Gasteiger partial charge in [-0.3, -0.25) is 5.10 Å². The van der Waals surface area contributed by atoms with E-state index in [1.54, 1.807) is 13.8 Å². The third-order valence-electron chi connectivity index (χ3n) is 3.22. The number of nitrogens with one attached hydrogen (secondary N) is 1. The zero-order valence-electron chi connectivity index (χ0n) is 11.8. The van der Waals surface area contributed by atoms with Crippen LogP contribution in [-0.4, -0.2) is 36.0 Å². The van der Waals surface area contributed by atoms with Gasteiger partial charge in [0.05, 0.1) is 11.4 Å². The van der Waals surface area contributed by atoms with E-state index in [0.717, 1.165) is 6.42 Å². The van der Waals surface area contributed by atoms with Crippen molar-refractivity contribution in [3.05, 3.63) is 11.4 Å². The molecule has 0 fully saturated rings. The molecule has 1 atom stereocenters. The van der Waals surface area contributed by atoms with Crippen LogP contribution in [0.4, 0.5) is 0 Å². The van der Waals surface area contributed by atoms with Gasteiger partial charge in [-0.05, 0) is 19.8 Å². The molecule has 0 aliphatic carbocycles. The minimum atomic E-state index is -3.43. The highest BCUT2D eigenvalue weighted by atomic mass is 32.2. The van der Waals surface area contributed by atoms with E-state index >= 15 is 0 Å². The van der Waals surface area contributed by atoms with Gasteiger partial charge in [0, 0.05) is 13.1 Å². The van der Waals surface area contributed by atoms with Crippen molar-refractivity contribution in [3.8, 4) is 0 Å². The minimum absolute atomic E-state index is 0.327. The largest absolute Gasteiger partial charge is 0.281 e. The first-order chi connectivity index (χ1) is 8.34. The summed E-state index contributed by atoms with van der Waals surface area (Å²) in [5.41, 5.74) is 1.14. The van der Waals surface area contributed by atoms with Gasteiger partial charge in [0.1, 0.15) is 4.90 Å². The zero-order valence-corrected chi connectivity index (χ0v) is 12.6. The molecule has 5 nitrogen and oxygen atoms in total. The molecule has 6 heteroatoms. The van der Waals surface area contributed by atoms with E-state index in [1.165, 1.54) is 4.31 Å². The van der Waals surface area contributed by atoms with Crippen LogP contribution in [0.5, 0.6) is 0 Å². The monoisotopic (exact) mass is 273 g/mol. The molecule has 0 spiro atoms. The van der Waals surface area contributed by atoms with Gasteiger partial charge >= 0.3 is 0 Å². The summed E-state index contributed by atoms with van der Waals surface area (Å²) in [5, 5.41) is 6.70. The smallest absolute Gasteiger partial charge is 0.246 e. The second kappa shape index (κ2) is 5.84. The first-order valence-electron chi connectivity index (χ1n) is 6.36. The van der Waals surface area contributed by atoms with Crippen molar-refractivity contribution >= 4 is 10.0 Å². The van der Waals surface area contributed by atoms with E-state index in [2.05, 4.69) is 24.0 Å². The van der Waals surface area contributed by atoms with E-state index < -0.39 is 10.0 Å². The van der Waals surface area contributed by atoms with Crippen LogP contribution < -0.4 is 0 Å². The Morgan fingerprint density at radius 1 is 1.33 bits per heavy atom. The summed E-state index contributed by atoms with van der Waals surface area (Å²) in [6, 6.07) is 0. The van der Waals surface area contributed by atoms with Gasteiger partial charge in [-0.15, -0.1) is 0 Å². The van der Waals surface area contributed by atoms with Crippen LogP contribution in [0, 0.1) is 19.8 Å². The molecule has 1 rings (SSSR count). The van der Waals surface area contributed by atoms with E-state index in [4.69, 9.17) is 0 Å². The number of H-pyrrole nitrogens is 1. The summed E-state index contributed by atoms with van der Waals surface area (Å²) in [6.45, 7) is 10.5. The maximum absolute atomic E-state index is 12.6. The topological polar surface area (TPSA) is 66.1 Å². The number of hydrogen-bond donors (Lipinski definition) is 1. The normalized spacial score (nSPS) is 14.1. The van der Waals surface area contributed by atoms with Crippen LogP contribution in [0.1, 0.15) is 38.6 Å². The molecule has 104 valence electrons. The quantitative estimate of drug-likeness (QED) is 0.863. The Balaban J connectivity index is 3.12. The molecular formula is C12H23N3O2S. The minimum Gasteiger partial charge on any atom is -0.281 e. The zero-order chi connectivity index (χ0) is 13.9. The highest BCUT2D eigenvalue weighted by Gasteiger charge is 2.29. The Morgan fingerprint density at radius 2 is 1.94 bits per heavy atom. The first kappa shape index (κ1) is 15.2. The summed E-state index contributed by atoms with van der Waals surface area (Å²) in [6.07, 6.45) is 0.968. The molecule has 0 aliphatic rings. The molecule has 0 aliphatic heterocycles. The molecule has 1 heterocycles. The Labute approximate surface area is 110 Å². The number of aromatic amines is 1. The fourth-order valence-electron chi connectivity index (χ4n) is 1.92. The first-order valence-corrected chi connectivity index (χ1v) is 7.80. The molecule has 18 heavy (non-hydrogen) atoms. The lowest BCUT2D eigenvalue weighted by atomic mass is 10.1. The Morgan fingerprint density at radius 3 is 2.33 bits per heavy atom.